The topological polar surface area (TPSA) is 66.8 Å². The van der Waals surface area contributed by atoms with Crippen molar-refractivity contribution in [3.8, 4) is 11.4 Å². The number of carbonyl (C=O) groups is 1. The normalized spacial score (nSPS) is 20.3. The number of hydrogen-bond donors (Lipinski definition) is 1. The van der Waals surface area contributed by atoms with Crippen molar-refractivity contribution in [3.63, 3.8) is 0 Å². The third-order valence-corrected chi connectivity index (χ3v) is 6.48. The molecule has 0 saturated carbocycles. The largest absolute Gasteiger partial charge is 0.360 e. The molecule has 0 radical (unpaired) electrons. The summed E-state index contributed by atoms with van der Waals surface area (Å²) in [5.41, 5.74) is 2.10. The van der Waals surface area contributed by atoms with Crippen LogP contribution in [0.4, 0.5) is 0 Å². The fourth-order valence-corrected chi connectivity index (χ4v) is 4.83. The maximum atomic E-state index is 12.8. The van der Waals surface area contributed by atoms with E-state index in [2.05, 4.69) is 35.1 Å². The van der Waals surface area contributed by atoms with E-state index in [1.165, 1.54) is 18.2 Å². The monoisotopic (exact) mass is 383 g/mol. The van der Waals surface area contributed by atoms with Gasteiger partial charge >= 0.3 is 0 Å². The van der Waals surface area contributed by atoms with Gasteiger partial charge in [0.2, 0.25) is 5.91 Å². The molecule has 142 valence electrons. The Balaban J connectivity index is 1.50. The van der Waals surface area contributed by atoms with Gasteiger partial charge in [0.25, 0.3) is 0 Å². The van der Waals surface area contributed by atoms with Crippen molar-refractivity contribution in [2.24, 2.45) is 7.05 Å². The first-order valence-electron chi connectivity index (χ1n) is 9.46. The summed E-state index contributed by atoms with van der Waals surface area (Å²) in [5.74, 6) is 1.40. The maximum absolute atomic E-state index is 12.8. The van der Waals surface area contributed by atoms with Crippen LogP contribution in [0, 0.1) is 0 Å². The standard InChI is InChI=1S/C20H25N5OS/c1-13-7-6-8-14(2)25(13)18(26)12-27-20-23-22-19(24(20)3)16-11-21-17-10-5-4-9-15(16)17/h4-5,9-11,13-14,21H,6-8,12H2,1-3H3. The Kier molecular flexibility index (Phi) is 4.95. The predicted octanol–water partition coefficient (Wildman–Crippen LogP) is 3.85. The van der Waals surface area contributed by atoms with Crippen LogP contribution < -0.4 is 0 Å². The molecule has 1 aliphatic rings. The maximum Gasteiger partial charge on any atom is 0.233 e. The van der Waals surface area contributed by atoms with E-state index >= 15 is 0 Å². The summed E-state index contributed by atoms with van der Waals surface area (Å²) in [6.07, 6.45) is 5.35. The lowest BCUT2D eigenvalue weighted by atomic mass is 9.98. The number of H-pyrrole nitrogens is 1. The first-order chi connectivity index (χ1) is 13.1. The van der Waals surface area contributed by atoms with Gasteiger partial charge in [0.1, 0.15) is 0 Å². The molecule has 1 aliphatic heterocycles. The van der Waals surface area contributed by atoms with Crippen molar-refractivity contribution in [2.45, 2.75) is 50.4 Å². The summed E-state index contributed by atoms with van der Waals surface area (Å²) >= 11 is 1.46. The fraction of sp³-hybridized carbons (Fsp3) is 0.450. The van der Waals surface area contributed by atoms with Crippen LogP contribution in [-0.4, -0.2) is 48.4 Å². The van der Waals surface area contributed by atoms with E-state index < -0.39 is 0 Å². The molecular weight excluding hydrogens is 358 g/mol. The summed E-state index contributed by atoms with van der Waals surface area (Å²) in [7, 11) is 1.95. The molecule has 1 saturated heterocycles. The lowest BCUT2D eigenvalue weighted by Gasteiger charge is -2.39. The van der Waals surface area contributed by atoms with E-state index in [-0.39, 0.29) is 5.91 Å². The van der Waals surface area contributed by atoms with E-state index in [0.717, 1.165) is 40.3 Å². The molecule has 3 heterocycles. The highest BCUT2D eigenvalue weighted by Crippen LogP contribution is 2.30. The molecule has 1 amide bonds. The van der Waals surface area contributed by atoms with E-state index in [4.69, 9.17) is 0 Å². The Morgan fingerprint density at radius 2 is 1.96 bits per heavy atom. The van der Waals surface area contributed by atoms with Crippen molar-refractivity contribution < 1.29 is 4.79 Å². The number of benzene rings is 1. The molecule has 27 heavy (non-hydrogen) atoms. The van der Waals surface area contributed by atoms with Crippen molar-refractivity contribution in [3.05, 3.63) is 30.5 Å². The zero-order chi connectivity index (χ0) is 19.0. The first kappa shape index (κ1) is 18.1. The Morgan fingerprint density at radius 1 is 1.22 bits per heavy atom. The summed E-state index contributed by atoms with van der Waals surface area (Å²) in [6, 6.07) is 8.79. The number of thioether (sulfide) groups is 1. The van der Waals surface area contributed by atoms with Gasteiger partial charge in [-0.3, -0.25) is 4.79 Å². The lowest BCUT2D eigenvalue weighted by molar-refractivity contribution is -0.134. The van der Waals surface area contributed by atoms with Crippen molar-refractivity contribution in [1.82, 2.24) is 24.6 Å². The second-order valence-corrected chi connectivity index (χ2v) is 8.27. The molecule has 2 atom stereocenters. The fourth-order valence-electron chi connectivity index (χ4n) is 4.05. The molecular formula is C20H25N5OS. The zero-order valence-electron chi connectivity index (χ0n) is 16.0. The second-order valence-electron chi connectivity index (χ2n) is 7.33. The SMILES string of the molecule is CC1CCCC(C)N1C(=O)CSc1nnc(-c2c[nH]c3ccccc23)n1C. The number of carbonyl (C=O) groups excluding carboxylic acids is 1. The number of amides is 1. The summed E-state index contributed by atoms with van der Waals surface area (Å²) < 4.78 is 1.97. The minimum atomic E-state index is 0.191. The van der Waals surface area contributed by atoms with Gasteiger partial charge in [-0.05, 0) is 39.2 Å². The van der Waals surface area contributed by atoms with Gasteiger partial charge in [-0.15, -0.1) is 10.2 Å². The van der Waals surface area contributed by atoms with Gasteiger partial charge in [0.05, 0.1) is 5.75 Å². The van der Waals surface area contributed by atoms with Crippen LogP contribution in [0.3, 0.4) is 0 Å². The predicted molar refractivity (Wildman–Crippen MR) is 109 cm³/mol. The molecule has 2 unspecified atom stereocenters. The number of likely N-dealkylation sites (tertiary alicyclic amines) is 1. The Morgan fingerprint density at radius 3 is 2.74 bits per heavy atom. The van der Waals surface area contributed by atoms with Crippen molar-refractivity contribution in [1.29, 1.82) is 0 Å². The molecule has 0 aliphatic carbocycles. The Labute approximate surface area is 163 Å². The smallest absolute Gasteiger partial charge is 0.233 e. The summed E-state index contributed by atoms with van der Waals surface area (Å²) in [5, 5.41) is 10.6. The van der Waals surface area contributed by atoms with Gasteiger partial charge in [-0.2, -0.15) is 0 Å². The molecule has 1 aromatic carbocycles. The molecule has 1 fully saturated rings. The Bertz CT molecular complexity index is 952. The molecule has 6 nitrogen and oxygen atoms in total. The van der Waals surface area contributed by atoms with E-state index in [9.17, 15) is 4.79 Å². The highest BCUT2D eigenvalue weighted by atomic mass is 32.2. The van der Waals surface area contributed by atoms with Crippen LogP contribution in [-0.2, 0) is 11.8 Å². The first-order valence-corrected chi connectivity index (χ1v) is 10.4. The number of hydrogen-bond acceptors (Lipinski definition) is 4. The van der Waals surface area contributed by atoms with Gasteiger partial charge < -0.3 is 14.5 Å². The average molecular weight is 384 g/mol. The van der Waals surface area contributed by atoms with Crippen LogP contribution in [0.2, 0.25) is 0 Å². The summed E-state index contributed by atoms with van der Waals surface area (Å²) in [6.45, 7) is 4.30. The number of rotatable bonds is 4. The van der Waals surface area contributed by atoms with Crippen LogP contribution in [0.1, 0.15) is 33.1 Å². The third-order valence-electron chi connectivity index (χ3n) is 5.47. The Hall–Kier alpha value is -2.28. The molecule has 4 rings (SSSR count). The molecule has 2 aromatic heterocycles. The van der Waals surface area contributed by atoms with Crippen LogP contribution in [0.15, 0.2) is 35.6 Å². The van der Waals surface area contributed by atoms with Gasteiger partial charge in [0, 0.05) is 41.8 Å². The van der Waals surface area contributed by atoms with Crippen LogP contribution >= 0.6 is 11.8 Å². The number of para-hydroxylation sites is 1. The van der Waals surface area contributed by atoms with Gasteiger partial charge in [0.15, 0.2) is 11.0 Å². The van der Waals surface area contributed by atoms with E-state index in [1.54, 1.807) is 0 Å². The van der Waals surface area contributed by atoms with Crippen molar-refractivity contribution >= 4 is 28.6 Å². The third kappa shape index (κ3) is 3.36. The number of piperidine rings is 1. The summed E-state index contributed by atoms with van der Waals surface area (Å²) in [4.78, 5) is 18.1. The minimum absolute atomic E-state index is 0.191. The molecule has 7 heteroatoms. The molecule has 0 spiro atoms. The highest BCUT2D eigenvalue weighted by Gasteiger charge is 2.29. The zero-order valence-corrected chi connectivity index (χ0v) is 16.8. The van der Waals surface area contributed by atoms with E-state index in [0.29, 0.717) is 17.8 Å². The molecule has 3 aromatic rings. The lowest BCUT2D eigenvalue weighted by Crippen LogP contribution is -2.48. The highest BCUT2D eigenvalue weighted by molar-refractivity contribution is 7.99. The number of aromatic amines is 1. The van der Waals surface area contributed by atoms with E-state index in [1.807, 2.05) is 40.9 Å². The second kappa shape index (κ2) is 7.38. The number of fused-ring (bicyclic) bond motifs is 1. The average Bonchev–Trinajstić information content (AvgIpc) is 3.23. The number of nitrogens with one attached hydrogen (secondary N) is 1. The van der Waals surface area contributed by atoms with Crippen molar-refractivity contribution in [2.75, 3.05) is 5.75 Å². The quantitative estimate of drug-likeness (QED) is 0.695. The van der Waals surface area contributed by atoms with Gasteiger partial charge in [-0.1, -0.05) is 30.0 Å². The number of nitrogens with zero attached hydrogens (tertiary/aromatic N) is 4. The van der Waals surface area contributed by atoms with Crippen LogP contribution in [0.5, 0.6) is 0 Å². The van der Waals surface area contributed by atoms with Crippen LogP contribution in [0.25, 0.3) is 22.3 Å². The molecule has 1 N–H and O–H groups in total. The van der Waals surface area contributed by atoms with Gasteiger partial charge in [-0.25, -0.2) is 0 Å². The molecule has 0 bridgehead atoms. The number of aromatic nitrogens is 4. The minimum Gasteiger partial charge on any atom is -0.360 e.